The van der Waals surface area contributed by atoms with E-state index in [0.717, 1.165) is 31.7 Å². The fourth-order valence-corrected chi connectivity index (χ4v) is 6.53. The molecule has 0 fully saturated rings. The SMILES string of the molecule is CCCCCCCCCCCC(=O)N[C@@H](C(=O)O)[C@@H]1NC(=O)[C@H](Cc2ccccc2)NC(=O)[C@H](N)Cc2ccc(c([N+](=O)[O-])c2)Oc2cc1cc(O)c2OC.Cl. The van der Waals surface area contributed by atoms with E-state index in [1.807, 2.05) is 0 Å². The molecule has 7 N–H and O–H groups in total. The highest BCUT2D eigenvalue weighted by atomic mass is 35.5. The molecule has 56 heavy (non-hydrogen) atoms. The largest absolute Gasteiger partial charge is 0.504 e. The van der Waals surface area contributed by atoms with Gasteiger partial charge in [0, 0.05) is 18.9 Å². The summed E-state index contributed by atoms with van der Waals surface area (Å²) in [5, 5.41) is 41.7. The number of halogens is 1. The van der Waals surface area contributed by atoms with Crippen molar-refractivity contribution in [3.05, 3.63) is 87.5 Å². The number of phenols is 1. The molecule has 0 spiro atoms. The summed E-state index contributed by atoms with van der Waals surface area (Å²) in [6.07, 6.45) is 9.02. The molecular formula is C40H52ClN5O10. The second kappa shape index (κ2) is 22.2. The Morgan fingerprint density at radius 1 is 0.964 bits per heavy atom. The number of phenolic OH excluding ortho intramolecular Hbond substituents is 1. The third-order valence-corrected chi connectivity index (χ3v) is 9.49. The molecule has 3 amide bonds. The smallest absolute Gasteiger partial charge is 0.328 e. The van der Waals surface area contributed by atoms with E-state index in [1.54, 1.807) is 30.3 Å². The Morgan fingerprint density at radius 2 is 1.62 bits per heavy atom. The van der Waals surface area contributed by atoms with Crippen LogP contribution < -0.4 is 31.2 Å². The van der Waals surface area contributed by atoms with Gasteiger partial charge in [0.15, 0.2) is 17.5 Å². The Labute approximate surface area is 332 Å². The molecule has 2 aliphatic rings. The van der Waals surface area contributed by atoms with Crippen LogP contribution in [0.15, 0.2) is 60.7 Å². The number of aromatic hydroxyl groups is 1. The lowest BCUT2D eigenvalue weighted by Crippen LogP contribution is -2.56. The van der Waals surface area contributed by atoms with Gasteiger partial charge in [-0.15, -0.1) is 12.4 Å². The van der Waals surface area contributed by atoms with Gasteiger partial charge in [-0.3, -0.25) is 24.5 Å². The van der Waals surface area contributed by atoms with Gasteiger partial charge in [-0.05, 0) is 47.7 Å². The highest BCUT2D eigenvalue weighted by molar-refractivity contribution is 5.91. The lowest BCUT2D eigenvalue weighted by molar-refractivity contribution is -0.385. The summed E-state index contributed by atoms with van der Waals surface area (Å²) in [6.45, 7) is 2.16. The molecule has 4 atom stereocenters. The minimum atomic E-state index is -1.78. The maximum atomic E-state index is 14.2. The number of carboxylic acid groups (broad SMARTS) is 1. The van der Waals surface area contributed by atoms with Crippen LogP contribution in [0.5, 0.6) is 23.0 Å². The standard InChI is InChI=1S/C40H51N5O10.ClH/c1-3-4-5-6-7-8-9-10-14-17-34(47)43-36(40(50)51)35-27-23-31(46)37(54-2)33(24-27)55-32-19-18-26(22-30(32)45(52)53)20-28(41)38(48)42-29(39(49)44-35)21-25-15-12-11-13-16-25;/h11-13,15-16,18-19,22-24,28-29,35-36,46H,3-10,14,17,20-21,41H2,1-2H3,(H,42,48)(H,43,47)(H,44,49)(H,50,51);1H/t28-,29+,35-,36-;/m1./s1. The number of benzene rings is 3. The van der Waals surface area contributed by atoms with Gasteiger partial charge < -0.3 is 41.4 Å². The Morgan fingerprint density at radius 3 is 2.25 bits per heavy atom. The summed E-state index contributed by atoms with van der Waals surface area (Å²) in [5.41, 5.74) is 6.71. The van der Waals surface area contributed by atoms with Crippen LogP contribution >= 0.6 is 12.4 Å². The van der Waals surface area contributed by atoms with E-state index in [0.29, 0.717) is 17.5 Å². The van der Waals surface area contributed by atoms with Crippen molar-refractivity contribution in [3.8, 4) is 23.0 Å². The summed E-state index contributed by atoms with van der Waals surface area (Å²) >= 11 is 0. The molecule has 0 saturated carbocycles. The molecule has 0 saturated heterocycles. The molecule has 3 aromatic rings. The molecule has 4 bridgehead atoms. The van der Waals surface area contributed by atoms with Gasteiger partial charge in [-0.2, -0.15) is 0 Å². The van der Waals surface area contributed by atoms with Crippen molar-refractivity contribution in [1.29, 1.82) is 0 Å². The van der Waals surface area contributed by atoms with E-state index in [-0.39, 0.29) is 54.5 Å². The monoisotopic (exact) mass is 797 g/mol. The van der Waals surface area contributed by atoms with E-state index in [9.17, 15) is 39.5 Å². The minimum Gasteiger partial charge on any atom is -0.504 e. The predicted molar refractivity (Wildman–Crippen MR) is 211 cm³/mol. The molecule has 2 heterocycles. The molecular weight excluding hydrogens is 746 g/mol. The Kier molecular flexibility index (Phi) is 17.8. The average Bonchev–Trinajstić information content (AvgIpc) is 3.15. The number of nitrogens with two attached hydrogens (primary N) is 1. The Balaban J connectivity index is 0.00000841. The number of fused-ring (bicyclic) bond motifs is 9. The zero-order valence-electron chi connectivity index (χ0n) is 31.7. The van der Waals surface area contributed by atoms with Crippen LogP contribution in [0, 0.1) is 10.1 Å². The van der Waals surface area contributed by atoms with Crippen molar-refractivity contribution in [2.45, 2.75) is 108 Å². The number of amides is 3. The molecule has 16 heteroatoms. The fraction of sp³-hybridized carbons (Fsp3) is 0.450. The number of methoxy groups -OCH3 is 1. The first-order valence-electron chi connectivity index (χ1n) is 18.7. The predicted octanol–water partition coefficient (Wildman–Crippen LogP) is 5.78. The number of hydrogen-bond acceptors (Lipinski definition) is 10. The zero-order valence-corrected chi connectivity index (χ0v) is 32.5. The third kappa shape index (κ3) is 12.8. The fourth-order valence-electron chi connectivity index (χ4n) is 6.53. The number of carbonyl (C=O) groups excluding carboxylic acids is 3. The molecule has 15 nitrogen and oxygen atoms in total. The minimum absolute atomic E-state index is 0. The van der Waals surface area contributed by atoms with Gasteiger partial charge in [0.25, 0.3) is 0 Å². The molecule has 5 rings (SSSR count). The van der Waals surface area contributed by atoms with Crippen LogP contribution in [-0.2, 0) is 32.0 Å². The number of nitrogens with one attached hydrogen (secondary N) is 3. The number of unbranched alkanes of at least 4 members (excludes halogenated alkanes) is 8. The van der Waals surface area contributed by atoms with Crippen LogP contribution in [0.1, 0.15) is 93.9 Å². The van der Waals surface area contributed by atoms with Crippen LogP contribution in [0.3, 0.4) is 0 Å². The number of carboxylic acids is 1. The molecule has 0 aliphatic carbocycles. The first kappa shape index (κ1) is 45.0. The van der Waals surface area contributed by atoms with Gasteiger partial charge in [0.2, 0.25) is 29.2 Å². The maximum Gasteiger partial charge on any atom is 0.328 e. The summed E-state index contributed by atoms with van der Waals surface area (Å²) in [5.74, 6) is -4.90. The van der Waals surface area contributed by atoms with Crippen LogP contribution in [-0.4, -0.2) is 64.1 Å². The Bertz CT molecular complexity index is 1810. The first-order valence-corrected chi connectivity index (χ1v) is 18.7. The van der Waals surface area contributed by atoms with Gasteiger partial charge in [0.05, 0.1) is 24.1 Å². The van der Waals surface area contributed by atoms with E-state index < -0.39 is 64.2 Å². The van der Waals surface area contributed by atoms with E-state index in [1.165, 1.54) is 57.1 Å². The van der Waals surface area contributed by atoms with Crippen LogP contribution in [0.4, 0.5) is 5.69 Å². The highest BCUT2D eigenvalue weighted by Gasteiger charge is 2.36. The number of hydrogen-bond donors (Lipinski definition) is 6. The highest BCUT2D eigenvalue weighted by Crippen LogP contribution is 2.44. The van der Waals surface area contributed by atoms with Crippen LogP contribution in [0.2, 0.25) is 0 Å². The quantitative estimate of drug-likeness (QED) is 0.0544. The molecule has 2 aliphatic heterocycles. The molecule has 304 valence electrons. The summed E-state index contributed by atoms with van der Waals surface area (Å²) in [6, 6.07) is 9.29. The molecule has 3 aromatic carbocycles. The van der Waals surface area contributed by atoms with E-state index in [4.69, 9.17) is 15.2 Å². The van der Waals surface area contributed by atoms with Crippen molar-refractivity contribution in [3.63, 3.8) is 0 Å². The molecule has 0 aromatic heterocycles. The number of nitrogens with zero attached hydrogens (tertiary/aromatic N) is 1. The van der Waals surface area contributed by atoms with Gasteiger partial charge in [0.1, 0.15) is 6.04 Å². The molecule has 0 radical (unpaired) electrons. The van der Waals surface area contributed by atoms with Crippen molar-refractivity contribution in [2.75, 3.05) is 7.11 Å². The number of carbonyl (C=O) groups is 4. The zero-order chi connectivity index (χ0) is 39.9. The number of ether oxygens (including phenoxy) is 2. The lowest BCUT2D eigenvalue weighted by Gasteiger charge is -2.30. The van der Waals surface area contributed by atoms with Crippen molar-refractivity contribution in [1.82, 2.24) is 16.0 Å². The summed E-state index contributed by atoms with van der Waals surface area (Å²) in [7, 11) is 1.23. The first-order chi connectivity index (χ1) is 26.4. The second-order valence-corrected chi connectivity index (χ2v) is 13.7. The second-order valence-electron chi connectivity index (χ2n) is 13.7. The average molecular weight is 798 g/mol. The normalized spacial score (nSPS) is 17.4. The lowest BCUT2D eigenvalue weighted by atomic mass is 9.96. The van der Waals surface area contributed by atoms with Gasteiger partial charge in [-0.25, -0.2) is 4.79 Å². The summed E-state index contributed by atoms with van der Waals surface area (Å²) in [4.78, 5) is 65.3. The number of nitro benzene ring substituents is 1. The summed E-state index contributed by atoms with van der Waals surface area (Å²) < 4.78 is 11.3. The van der Waals surface area contributed by atoms with E-state index >= 15 is 0 Å². The van der Waals surface area contributed by atoms with Crippen LogP contribution in [0.25, 0.3) is 0 Å². The maximum absolute atomic E-state index is 14.2. The topological polar surface area (TPSA) is 232 Å². The number of nitro groups is 1. The number of aliphatic carboxylic acids is 1. The van der Waals surface area contributed by atoms with Gasteiger partial charge >= 0.3 is 11.7 Å². The van der Waals surface area contributed by atoms with Crippen molar-refractivity contribution >= 4 is 41.8 Å². The van der Waals surface area contributed by atoms with E-state index in [2.05, 4.69) is 22.9 Å². The van der Waals surface area contributed by atoms with Gasteiger partial charge in [-0.1, -0.05) is 94.7 Å². The Hall–Kier alpha value is -5.41. The number of rotatable bonds is 17. The van der Waals surface area contributed by atoms with Crippen molar-refractivity contribution in [2.24, 2.45) is 5.73 Å². The van der Waals surface area contributed by atoms with Crippen molar-refractivity contribution < 1.29 is 43.8 Å². The third-order valence-electron chi connectivity index (χ3n) is 9.49. The molecule has 0 unspecified atom stereocenters.